The molecule has 2 aromatic rings. The molecular formula is C23H33N3O4. The van der Waals surface area contributed by atoms with Crippen molar-refractivity contribution in [1.29, 1.82) is 0 Å². The fourth-order valence-corrected chi connectivity index (χ4v) is 4.75. The van der Waals surface area contributed by atoms with E-state index >= 15 is 0 Å². The summed E-state index contributed by atoms with van der Waals surface area (Å²) in [6.07, 6.45) is 5.08. The maximum atomic E-state index is 6.34. The predicted octanol–water partition coefficient (Wildman–Crippen LogP) is 3.62. The van der Waals surface area contributed by atoms with Gasteiger partial charge in [0.1, 0.15) is 12.4 Å². The molecule has 2 saturated heterocycles. The monoisotopic (exact) mass is 415 g/mol. The lowest BCUT2D eigenvalue weighted by Crippen LogP contribution is -2.49. The van der Waals surface area contributed by atoms with Crippen LogP contribution in [0.2, 0.25) is 0 Å². The molecule has 0 radical (unpaired) electrons. The van der Waals surface area contributed by atoms with E-state index in [9.17, 15) is 0 Å². The Balaban J connectivity index is 1.31. The number of benzene rings is 1. The topological polar surface area (TPSA) is 69.9 Å². The quantitative estimate of drug-likeness (QED) is 0.652. The molecule has 0 saturated carbocycles. The third-order valence-electron chi connectivity index (χ3n) is 6.28. The second-order valence-electron chi connectivity index (χ2n) is 8.45. The summed E-state index contributed by atoms with van der Waals surface area (Å²) in [6.45, 7) is 6.96. The van der Waals surface area contributed by atoms with E-state index in [-0.39, 0.29) is 5.60 Å². The Bertz CT molecular complexity index is 801. The molecule has 1 atom stereocenters. The molecule has 3 heterocycles. The van der Waals surface area contributed by atoms with Crippen molar-refractivity contribution < 1.29 is 18.7 Å². The third-order valence-corrected chi connectivity index (χ3v) is 6.28. The van der Waals surface area contributed by atoms with Crippen molar-refractivity contribution in [2.45, 2.75) is 57.8 Å². The van der Waals surface area contributed by atoms with Gasteiger partial charge in [-0.05, 0) is 44.6 Å². The van der Waals surface area contributed by atoms with Gasteiger partial charge in [0.2, 0.25) is 5.89 Å². The van der Waals surface area contributed by atoms with Crippen molar-refractivity contribution in [3.63, 3.8) is 0 Å². The average Bonchev–Trinajstić information content (AvgIpc) is 3.19. The maximum Gasteiger partial charge on any atom is 0.227 e. The summed E-state index contributed by atoms with van der Waals surface area (Å²) in [4.78, 5) is 6.97. The summed E-state index contributed by atoms with van der Waals surface area (Å²) in [7, 11) is 1.64. The van der Waals surface area contributed by atoms with Crippen LogP contribution in [0.25, 0.3) is 0 Å². The minimum Gasteiger partial charge on any atom is -0.494 e. The summed E-state index contributed by atoms with van der Waals surface area (Å²) >= 11 is 0. The van der Waals surface area contributed by atoms with E-state index in [1.807, 2.05) is 13.0 Å². The highest BCUT2D eigenvalue weighted by Crippen LogP contribution is 2.39. The molecule has 1 aromatic carbocycles. The molecule has 4 rings (SSSR count). The van der Waals surface area contributed by atoms with Gasteiger partial charge in [0.25, 0.3) is 0 Å². The number of hydrogen-bond donors (Lipinski definition) is 0. The fraction of sp³-hybridized carbons (Fsp3) is 0.652. The van der Waals surface area contributed by atoms with Gasteiger partial charge in [-0.15, -0.1) is 0 Å². The molecule has 1 spiro atoms. The highest BCUT2D eigenvalue weighted by atomic mass is 16.5. The molecule has 0 aliphatic carbocycles. The number of hydrogen-bond acceptors (Lipinski definition) is 7. The SMILES string of the molecule is CCOc1ccccc1CN1CCC2(CC1)CC(Cc1nc(COC)no1)CCO2. The number of likely N-dealkylation sites (tertiary alicyclic amines) is 1. The molecule has 7 nitrogen and oxygen atoms in total. The van der Waals surface area contributed by atoms with E-state index in [0.717, 1.165) is 64.1 Å². The van der Waals surface area contributed by atoms with Gasteiger partial charge in [-0.1, -0.05) is 23.4 Å². The molecule has 2 aliphatic rings. The van der Waals surface area contributed by atoms with E-state index < -0.39 is 0 Å². The molecule has 0 bridgehead atoms. The van der Waals surface area contributed by atoms with Crippen LogP contribution < -0.4 is 4.74 Å². The number of para-hydroxylation sites is 1. The summed E-state index contributed by atoms with van der Waals surface area (Å²) < 4.78 is 22.6. The smallest absolute Gasteiger partial charge is 0.227 e. The summed E-state index contributed by atoms with van der Waals surface area (Å²) in [5.74, 6) is 2.87. The van der Waals surface area contributed by atoms with Gasteiger partial charge in [-0.25, -0.2) is 0 Å². The van der Waals surface area contributed by atoms with Gasteiger partial charge in [-0.3, -0.25) is 4.90 Å². The van der Waals surface area contributed by atoms with Gasteiger partial charge >= 0.3 is 0 Å². The van der Waals surface area contributed by atoms with E-state index in [1.54, 1.807) is 7.11 Å². The Morgan fingerprint density at radius 3 is 2.87 bits per heavy atom. The first kappa shape index (κ1) is 21.3. The number of nitrogens with zero attached hydrogens (tertiary/aromatic N) is 3. The summed E-state index contributed by atoms with van der Waals surface area (Å²) in [5, 5.41) is 3.99. The van der Waals surface area contributed by atoms with Crippen molar-refractivity contribution in [3.8, 4) is 5.75 Å². The van der Waals surface area contributed by atoms with Crippen LogP contribution in [0.5, 0.6) is 5.75 Å². The maximum absolute atomic E-state index is 6.34. The van der Waals surface area contributed by atoms with Gasteiger partial charge < -0.3 is 18.7 Å². The van der Waals surface area contributed by atoms with Crippen molar-refractivity contribution in [2.75, 3.05) is 33.4 Å². The highest BCUT2D eigenvalue weighted by molar-refractivity contribution is 5.33. The van der Waals surface area contributed by atoms with Crippen LogP contribution in [0.1, 0.15) is 49.9 Å². The largest absolute Gasteiger partial charge is 0.494 e. The Hall–Kier alpha value is -1.96. The first-order chi connectivity index (χ1) is 14.7. The summed E-state index contributed by atoms with van der Waals surface area (Å²) in [6, 6.07) is 8.37. The fourth-order valence-electron chi connectivity index (χ4n) is 4.75. The van der Waals surface area contributed by atoms with Crippen molar-refractivity contribution in [2.24, 2.45) is 5.92 Å². The highest BCUT2D eigenvalue weighted by Gasteiger charge is 2.40. The normalized spacial score (nSPS) is 21.7. The summed E-state index contributed by atoms with van der Waals surface area (Å²) in [5.41, 5.74) is 1.26. The number of aromatic nitrogens is 2. The molecule has 30 heavy (non-hydrogen) atoms. The lowest BCUT2D eigenvalue weighted by atomic mass is 9.78. The number of ether oxygens (including phenoxy) is 3. The second-order valence-corrected chi connectivity index (χ2v) is 8.45. The first-order valence-electron chi connectivity index (χ1n) is 11.1. The van der Waals surface area contributed by atoms with Crippen molar-refractivity contribution in [1.82, 2.24) is 15.0 Å². The molecule has 164 valence electrons. The molecule has 7 heteroatoms. The molecule has 1 unspecified atom stereocenters. The van der Waals surface area contributed by atoms with Crippen molar-refractivity contribution >= 4 is 0 Å². The number of piperidine rings is 1. The minimum atomic E-state index is -0.00572. The zero-order valence-corrected chi connectivity index (χ0v) is 18.1. The first-order valence-corrected chi connectivity index (χ1v) is 11.1. The molecule has 0 N–H and O–H groups in total. The molecule has 2 aliphatic heterocycles. The van der Waals surface area contributed by atoms with Crippen LogP contribution in [0.3, 0.4) is 0 Å². The van der Waals surface area contributed by atoms with Crippen LogP contribution in [0.4, 0.5) is 0 Å². The second kappa shape index (κ2) is 9.90. The van der Waals surface area contributed by atoms with E-state index in [0.29, 0.717) is 30.8 Å². The predicted molar refractivity (Wildman–Crippen MR) is 112 cm³/mol. The lowest BCUT2D eigenvalue weighted by Gasteiger charge is -2.46. The Kier molecular flexibility index (Phi) is 7.02. The molecule has 1 aromatic heterocycles. The van der Waals surface area contributed by atoms with E-state index in [4.69, 9.17) is 18.7 Å². The van der Waals surface area contributed by atoms with Gasteiger partial charge in [0.15, 0.2) is 5.82 Å². The number of rotatable bonds is 8. The van der Waals surface area contributed by atoms with Crippen LogP contribution in [0.15, 0.2) is 28.8 Å². The minimum absolute atomic E-state index is 0.00572. The average molecular weight is 416 g/mol. The Morgan fingerprint density at radius 1 is 1.23 bits per heavy atom. The molecule has 2 fully saturated rings. The van der Waals surface area contributed by atoms with Crippen molar-refractivity contribution in [3.05, 3.63) is 41.5 Å². The molecule has 0 amide bonds. The third kappa shape index (κ3) is 5.20. The zero-order valence-electron chi connectivity index (χ0n) is 18.1. The zero-order chi connectivity index (χ0) is 20.8. The van der Waals surface area contributed by atoms with Gasteiger partial charge in [-0.2, -0.15) is 4.98 Å². The van der Waals surface area contributed by atoms with Gasteiger partial charge in [0.05, 0.1) is 12.2 Å². The lowest BCUT2D eigenvalue weighted by molar-refractivity contribution is -0.128. The standard InChI is InChI=1S/C23H33N3O4/c1-3-28-20-7-5-4-6-19(20)16-26-11-9-23(10-12-26)15-18(8-13-29-23)14-22-24-21(17-27-2)25-30-22/h4-7,18H,3,8-17H2,1-2H3. The van der Waals surface area contributed by atoms with Crippen LogP contribution in [0, 0.1) is 5.92 Å². The van der Waals surface area contributed by atoms with Crippen LogP contribution in [-0.4, -0.2) is 54.1 Å². The van der Waals surface area contributed by atoms with E-state index in [1.165, 1.54) is 5.56 Å². The Labute approximate surface area is 178 Å². The van der Waals surface area contributed by atoms with E-state index in [2.05, 4.69) is 33.2 Å². The number of methoxy groups -OCH3 is 1. The van der Waals surface area contributed by atoms with Gasteiger partial charge in [0, 0.05) is 45.3 Å². The molecular weight excluding hydrogens is 382 g/mol. The Morgan fingerprint density at radius 2 is 2.07 bits per heavy atom. The van der Waals surface area contributed by atoms with Crippen LogP contribution in [-0.2, 0) is 29.0 Å². The van der Waals surface area contributed by atoms with Crippen LogP contribution >= 0.6 is 0 Å².